The highest BCUT2D eigenvalue weighted by molar-refractivity contribution is 6.30. The van der Waals surface area contributed by atoms with Gasteiger partial charge in [-0.3, -0.25) is 0 Å². The Labute approximate surface area is 167 Å². The minimum absolute atomic E-state index is 0.187. The molecular formula is C20H32Cl2O4. The van der Waals surface area contributed by atoms with E-state index < -0.39 is 22.7 Å². The van der Waals surface area contributed by atoms with Crippen molar-refractivity contribution in [1.82, 2.24) is 0 Å². The number of hydrogen-bond acceptors (Lipinski definition) is 4. The van der Waals surface area contributed by atoms with Crippen molar-refractivity contribution in [2.75, 3.05) is 13.2 Å². The smallest absolute Gasteiger partial charge is 0.336 e. The molecule has 0 aliphatic heterocycles. The molecule has 0 radical (unpaired) electrons. The maximum atomic E-state index is 12.5. The molecule has 0 aromatic rings. The average Bonchev–Trinajstić information content (AvgIpc) is 2.62. The summed E-state index contributed by atoms with van der Waals surface area (Å²) in [6.07, 6.45) is 9.18. The summed E-state index contributed by atoms with van der Waals surface area (Å²) in [5.41, 5.74) is 0.374. The second kappa shape index (κ2) is 13.4. The molecule has 1 aliphatic carbocycles. The van der Waals surface area contributed by atoms with Crippen LogP contribution in [0.25, 0.3) is 0 Å². The molecule has 2 unspecified atom stereocenters. The van der Waals surface area contributed by atoms with Gasteiger partial charge < -0.3 is 9.47 Å². The van der Waals surface area contributed by atoms with Crippen LogP contribution in [0, 0.1) is 0 Å². The number of carbonyl (C=O) groups is 2. The van der Waals surface area contributed by atoms with Gasteiger partial charge in [-0.05, 0) is 25.7 Å². The molecule has 0 amide bonds. The number of ether oxygens (including phenoxy) is 2. The van der Waals surface area contributed by atoms with Crippen molar-refractivity contribution in [1.29, 1.82) is 0 Å². The van der Waals surface area contributed by atoms with E-state index in [1.807, 2.05) is 0 Å². The standard InChI is InChI=1S/C20H32Cl2O4/c1-3-5-7-9-13-25-19(23)17-15(21)11-12-16(22)18(17)20(24)26-14-10-8-6-4-2/h15-16H,3-14H2,1-2H3. The first-order valence-corrected chi connectivity index (χ1v) is 10.8. The molecule has 0 saturated carbocycles. The fraction of sp³-hybridized carbons (Fsp3) is 0.800. The Hall–Kier alpha value is -0.740. The maximum Gasteiger partial charge on any atom is 0.336 e. The van der Waals surface area contributed by atoms with Crippen molar-refractivity contribution in [3.8, 4) is 0 Å². The van der Waals surface area contributed by atoms with Crippen molar-refractivity contribution in [3.63, 3.8) is 0 Å². The lowest BCUT2D eigenvalue weighted by Crippen LogP contribution is -2.31. The van der Waals surface area contributed by atoms with Gasteiger partial charge in [0.2, 0.25) is 0 Å². The van der Waals surface area contributed by atoms with E-state index in [2.05, 4.69) is 13.8 Å². The van der Waals surface area contributed by atoms with Crippen LogP contribution in [0.4, 0.5) is 0 Å². The van der Waals surface area contributed by atoms with Crippen LogP contribution in [-0.2, 0) is 19.1 Å². The Morgan fingerprint density at radius 1 is 0.769 bits per heavy atom. The SMILES string of the molecule is CCCCCCOC(=O)C1=C(C(=O)OCCCCCC)C(Cl)CCC1Cl. The molecule has 0 aromatic carbocycles. The zero-order valence-corrected chi connectivity index (χ0v) is 17.5. The van der Waals surface area contributed by atoms with Crippen LogP contribution in [0.2, 0.25) is 0 Å². The zero-order valence-electron chi connectivity index (χ0n) is 16.0. The zero-order chi connectivity index (χ0) is 19.4. The summed E-state index contributed by atoms with van der Waals surface area (Å²) in [5.74, 6) is -1.07. The average molecular weight is 407 g/mol. The van der Waals surface area contributed by atoms with Gasteiger partial charge in [0.25, 0.3) is 0 Å². The van der Waals surface area contributed by atoms with Crippen LogP contribution in [0.5, 0.6) is 0 Å². The van der Waals surface area contributed by atoms with E-state index >= 15 is 0 Å². The van der Waals surface area contributed by atoms with Crippen molar-refractivity contribution in [2.45, 2.75) is 88.8 Å². The number of carbonyl (C=O) groups excluding carboxylic acids is 2. The van der Waals surface area contributed by atoms with Gasteiger partial charge in [0.15, 0.2) is 0 Å². The lowest BCUT2D eigenvalue weighted by Gasteiger charge is -2.26. The molecule has 6 heteroatoms. The highest BCUT2D eigenvalue weighted by atomic mass is 35.5. The van der Waals surface area contributed by atoms with Crippen molar-refractivity contribution in [3.05, 3.63) is 11.1 Å². The van der Waals surface area contributed by atoms with Crippen molar-refractivity contribution >= 4 is 35.1 Å². The summed E-state index contributed by atoms with van der Waals surface area (Å²) in [6, 6.07) is 0. The van der Waals surface area contributed by atoms with Crippen LogP contribution in [-0.4, -0.2) is 35.9 Å². The molecule has 0 aromatic heterocycles. The molecule has 150 valence electrons. The lowest BCUT2D eigenvalue weighted by molar-refractivity contribution is -0.142. The van der Waals surface area contributed by atoms with Crippen LogP contribution in [0.1, 0.15) is 78.1 Å². The molecule has 2 atom stereocenters. The first kappa shape index (κ1) is 23.3. The fourth-order valence-electron chi connectivity index (χ4n) is 2.94. The number of rotatable bonds is 12. The summed E-state index contributed by atoms with van der Waals surface area (Å²) < 4.78 is 10.7. The van der Waals surface area contributed by atoms with Crippen LogP contribution in [0.15, 0.2) is 11.1 Å². The van der Waals surface area contributed by atoms with E-state index in [0.29, 0.717) is 26.1 Å². The Kier molecular flexibility index (Phi) is 12.0. The predicted molar refractivity (Wildman–Crippen MR) is 106 cm³/mol. The molecule has 1 rings (SSSR count). The minimum atomic E-state index is -0.559. The molecule has 1 aliphatic rings. The molecule has 0 bridgehead atoms. The largest absolute Gasteiger partial charge is 0.462 e. The quantitative estimate of drug-likeness (QED) is 0.242. The second-order valence-corrected chi connectivity index (χ2v) is 7.79. The van der Waals surface area contributed by atoms with Gasteiger partial charge in [0.05, 0.1) is 35.1 Å². The van der Waals surface area contributed by atoms with E-state index in [4.69, 9.17) is 32.7 Å². The fourth-order valence-corrected chi connectivity index (χ4v) is 3.60. The van der Waals surface area contributed by atoms with Gasteiger partial charge in [-0.15, -0.1) is 23.2 Å². The van der Waals surface area contributed by atoms with E-state index in [0.717, 1.165) is 51.4 Å². The highest BCUT2D eigenvalue weighted by Crippen LogP contribution is 2.34. The predicted octanol–water partition coefficient (Wildman–Crippen LogP) is 5.54. The summed E-state index contributed by atoms with van der Waals surface area (Å²) in [5, 5.41) is -1.12. The molecular weight excluding hydrogens is 375 g/mol. The van der Waals surface area contributed by atoms with E-state index in [1.54, 1.807) is 0 Å². The van der Waals surface area contributed by atoms with Crippen LogP contribution in [0.3, 0.4) is 0 Å². The monoisotopic (exact) mass is 406 g/mol. The number of unbranched alkanes of at least 4 members (excludes halogenated alkanes) is 6. The van der Waals surface area contributed by atoms with Crippen LogP contribution < -0.4 is 0 Å². The third-order valence-electron chi connectivity index (χ3n) is 4.49. The van der Waals surface area contributed by atoms with Gasteiger partial charge in [0.1, 0.15) is 0 Å². The van der Waals surface area contributed by atoms with Gasteiger partial charge in [-0.1, -0.05) is 52.4 Å². The first-order chi connectivity index (χ1) is 12.5. The van der Waals surface area contributed by atoms with E-state index in [-0.39, 0.29) is 11.1 Å². The number of halogens is 2. The topological polar surface area (TPSA) is 52.6 Å². The third-order valence-corrected chi connectivity index (χ3v) is 5.36. The Morgan fingerprint density at radius 2 is 1.15 bits per heavy atom. The van der Waals surface area contributed by atoms with E-state index in [1.165, 1.54) is 0 Å². The summed E-state index contributed by atoms with van der Waals surface area (Å²) >= 11 is 12.6. The van der Waals surface area contributed by atoms with Gasteiger partial charge >= 0.3 is 11.9 Å². The Balaban J connectivity index is 2.70. The van der Waals surface area contributed by atoms with Crippen molar-refractivity contribution in [2.24, 2.45) is 0 Å². The molecule has 4 nitrogen and oxygen atoms in total. The minimum Gasteiger partial charge on any atom is -0.462 e. The number of hydrogen-bond donors (Lipinski definition) is 0. The molecule has 0 N–H and O–H groups in total. The second-order valence-electron chi connectivity index (χ2n) is 6.73. The first-order valence-electron chi connectivity index (χ1n) is 9.89. The van der Waals surface area contributed by atoms with Crippen LogP contribution >= 0.6 is 23.2 Å². The molecule has 0 heterocycles. The Morgan fingerprint density at radius 3 is 1.50 bits per heavy atom. The van der Waals surface area contributed by atoms with Gasteiger partial charge in [-0.2, -0.15) is 0 Å². The lowest BCUT2D eigenvalue weighted by atomic mass is 9.90. The Bertz CT molecular complexity index is 434. The maximum absolute atomic E-state index is 12.5. The van der Waals surface area contributed by atoms with E-state index in [9.17, 15) is 9.59 Å². The molecule has 0 saturated heterocycles. The summed E-state index contributed by atoms with van der Waals surface area (Å²) in [4.78, 5) is 25.0. The molecule has 0 fully saturated rings. The van der Waals surface area contributed by atoms with Gasteiger partial charge in [-0.25, -0.2) is 9.59 Å². The number of esters is 2. The van der Waals surface area contributed by atoms with Crippen molar-refractivity contribution < 1.29 is 19.1 Å². The summed E-state index contributed by atoms with van der Waals surface area (Å²) in [6.45, 7) is 4.91. The van der Waals surface area contributed by atoms with Gasteiger partial charge in [0, 0.05) is 0 Å². The summed E-state index contributed by atoms with van der Waals surface area (Å²) in [7, 11) is 0. The molecule has 26 heavy (non-hydrogen) atoms. The third kappa shape index (κ3) is 7.87. The normalized spacial score (nSPS) is 20.2. The number of alkyl halides is 2. The highest BCUT2D eigenvalue weighted by Gasteiger charge is 2.37. The molecule has 0 spiro atoms.